The smallest absolute Gasteiger partial charge is 0.251 e. The van der Waals surface area contributed by atoms with Crippen molar-refractivity contribution >= 4 is 11.8 Å². The maximum Gasteiger partial charge on any atom is 0.251 e. The Morgan fingerprint density at radius 1 is 1.05 bits per heavy atom. The van der Waals surface area contributed by atoms with Gasteiger partial charge in [-0.3, -0.25) is 9.59 Å². The van der Waals surface area contributed by atoms with E-state index in [0.717, 1.165) is 43.7 Å². The molecule has 2 aromatic carbocycles. The number of carbonyl (C=O) groups excluding carboxylic acids is 2. The van der Waals surface area contributed by atoms with Crippen LogP contribution < -0.4 is 10.6 Å². The van der Waals surface area contributed by atoms with E-state index in [-0.39, 0.29) is 17.6 Å². The quantitative estimate of drug-likeness (QED) is 0.399. The number of benzene rings is 2. The highest BCUT2D eigenvalue weighted by Crippen LogP contribution is 2.40. The third-order valence-electron chi connectivity index (χ3n) is 7.40. The second-order valence-electron chi connectivity index (χ2n) is 10.1. The van der Waals surface area contributed by atoms with Crippen LogP contribution in [0.1, 0.15) is 41.1 Å². The van der Waals surface area contributed by atoms with Crippen molar-refractivity contribution in [3.05, 3.63) is 77.9 Å². The van der Waals surface area contributed by atoms with Gasteiger partial charge in [-0.05, 0) is 74.8 Å². The average Bonchev–Trinajstić information content (AvgIpc) is 3.49. The summed E-state index contributed by atoms with van der Waals surface area (Å²) in [5.41, 5.74) is 2.44. The maximum atomic E-state index is 13.4. The van der Waals surface area contributed by atoms with Crippen LogP contribution in [0.2, 0.25) is 0 Å². The van der Waals surface area contributed by atoms with Gasteiger partial charge < -0.3 is 20.4 Å². The average molecular weight is 520 g/mol. The van der Waals surface area contributed by atoms with E-state index in [1.165, 1.54) is 12.1 Å². The molecule has 2 N–H and O–H groups in total. The number of nitrogens with one attached hydrogen (secondary N) is 2. The highest BCUT2D eigenvalue weighted by atomic mass is 19.1. The third-order valence-corrected chi connectivity index (χ3v) is 7.40. The van der Waals surface area contributed by atoms with Crippen molar-refractivity contribution in [2.45, 2.75) is 37.3 Å². The predicted octanol–water partition coefficient (Wildman–Crippen LogP) is 2.20. The number of rotatable bonds is 10. The van der Waals surface area contributed by atoms with Crippen molar-refractivity contribution in [3.63, 3.8) is 0 Å². The number of aromatic nitrogens is 3. The fourth-order valence-electron chi connectivity index (χ4n) is 4.95. The normalized spacial score (nSPS) is 20.2. The molecule has 2 heterocycles. The highest BCUT2D eigenvalue weighted by molar-refractivity contribution is 5.97. The summed E-state index contributed by atoms with van der Waals surface area (Å²) in [5.74, 6) is -0.114. The van der Waals surface area contributed by atoms with Crippen LogP contribution in [0.25, 0.3) is 5.69 Å². The zero-order valence-electron chi connectivity index (χ0n) is 21.6. The van der Waals surface area contributed by atoms with Crippen LogP contribution in [-0.4, -0.2) is 88.5 Å². The summed E-state index contributed by atoms with van der Waals surface area (Å²) in [7, 11) is 2.05. The Balaban J connectivity index is 1.16. The van der Waals surface area contributed by atoms with Gasteiger partial charge in [-0.2, -0.15) is 0 Å². The Bertz CT molecular complexity index is 1210. The van der Waals surface area contributed by atoms with Crippen molar-refractivity contribution in [2.24, 2.45) is 0 Å². The minimum atomic E-state index is -0.588. The Morgan fingerprint density at radius 2 is 1.79 bits per heavy atom. The van der Waals surface area contributed by atoms with E-state index in [0.29, 0.717) is 37.0 Å². The van der Waals surface area contributed by atoms with Gasteiger partial charge in [0.05, 0.1) is 18.1 Å². The number of likely N-dealkylation sites (N-methyl/N-ethyl adjacent to an activating group) is 1. The Morgan fingerprint density at radius 3 is 2.47 bits per heavy atom. The minimum absolute atomic E-state index is 0.0266. The van der Waals surface area contributed by atoms with Crippen LogP contribution in [-0.2, 0) is 4.79 Å². The molecular weight excluding hydrogens is 485 g/mol. The number of piperazine rings is 1. The SMILES string of the molecule is CN1CCN(C(=O)C(CCCN[C@H]2C[C@H]2c2ccc(F)cc2)NC(=O)c2ccc(-n3ccnn3)cc2)CC1. The van der Waals surface area contributed by atoms with Crippen molar-refractivity contribution < 1.29 is 14.0 Å². The fourth-order valence-corrected chi connectivity index (χ4v) is 4.95. The van der Waals surface area contributed by atoms with Gasteiger partial charge in [-0.15, -0.1) is 5.10 Å². The lowest BCUT2D eigenvalue weighted by atomic mass is 10.1. The molecule has 1 unspecified atom stereocenters. The first-order chi connectivity index (χ1) is 18.5. The molecule has 10 heteroatoms. The molecule has 1 aromatic heterocycles. The fraction of sp³-hybridized carbons (Fsp3) is 0.429. The molecule has 0 radical (unpaired) electrons. The van der Waals surface area contributed by atoms with Crippen LogP contribution in [0, 0.1) is 5.82 Å². The monoisotopic (exact) mass is 519 g/mol. The van der Waals surface area contributed by atoms with E-state index in [4.69, 9.17) is 0 Å². The zero-order chi connectivity index (χ0) is 26.5. The first kappa shape index (κ1) is 26.0. The van der Waals surface area contributed by atoms with Gasteiger partial charge in [0.2, 0.25) is 5.91 Å². The number of hydrogen-bond acceptors (Lipinski definition) is 6. The van der Waals surface area contributed by atoms with Crippen molar-refractivity contribution in [1.82, 2.24) is 35.4 Å². The molecular formula is C28H34FN7O2. The maximum absolute atomic E-state index is 13.4. The first-order valence-corrected chi connectivity index (χ1v) is 13.2. The Hall–Kier alpha value is -3.63. The van der Waals surface area contributed by atoms with Gasteiger partial charge in [0.15, 0.2) is 0 Å². The molecule has 1 saturated carbocycles. The highest BCUT2D eigenvalue weighted by Gasteiger charge is 2.37. The van der Waals surface area contributed by atoms with Gasteiger partial charge in [-0.25, -0.2) is 9.07 Å². The van der Waals surface area contributed by atoms with Gasteiger partial charge in [0.25, 0.3) is 5.91 Å². The van der Waals surface area contributed by atoms with E-state index < -0.39 is 6.04 Å². The van der Waals surface area contributed by atoms with Crippen molar-refractivity contribution in [2.75, 3.05) is 39.8 Å². The lowest BCUT2D eigenvalue weighted by Crippen LogP contribution is -2.54. The molecule has 200 valence electrons. The molecule has 2 amide bonds. The molecule has 2 aliphatic rings. The molecule has 3 aromatic rings. The van der Waals surface area contributed by atoms with Gasteiger partial charge in [0.1, 0.15) is 11.9 Å². The number of halogens is 1. The number of carbonyl (C=O) groups is 2. The standard InChI is InChI=1S/C28H34FN7O2/c1-34-15-17-35(18-16-34)28(38)25(3-2-12-30-26-19-24(26)20-4-8-22(29)9-5-20)32-27(37)21-6-10-23(11-7-21)36-14-13-31-33-36/h4-11,13-14,24-26,30H,2-3,12,15-19H2,1H3,(H,32,37)/t24-,25?,26-/m0/s1. The predicted molar refractivity (Wildman–Crippen MR) is 141 cm³/mol. The van der Waals surface area contributed by atoms with Gasteiger partial charge in [-0.1, -0.05) is 17.3 Å². The summed E-state index contributed by atoms with van der Waals surface area (Å²) >= 11 is 0. The summed E-state index contributed by atoms with van der Waals surface area (Å²) < 4.78 is 14.8. The van der Waals surface area contributed by atoms with Crippen LogP contribution in [0.5, 0.6) is 0 Å². The van der Waals surface area contributed by atoms with E-state index in [9.17, 15) is 14.0 Å². The molecule has 1 aliphatic carbocycles. The minimum Gasteiger partial charge on any atom is -0.340 e. The van der Waals surface area contributed by atoms with Gasteiger partial charge >= 0.3 is 0 Å². The summed E-state index contributed by atoms with van der Waals surface area (Å²) in [6.45, 7) is 3.72. The van der Waals surface area contributed by atoms with Crippen LogP contribution >= 0.6 is 0 Å². The number of amides is 2. The van der Waals surface area contributed by atoms with Gasteiger partial charge in [0, 0.05) is 43.7 Å². The lowest BCUT2D eigenvalue weighted by molar-refractivity contribution is -0.135. The molecule has 1 saturated heterocycles. The zero-order valence-corrected chi connectivity index (χ0v) is 21.6. The second-order valence-corrected chi connectivity index (χ2v) is 10.1. The van der Waals surface area contributed by atoms with Crippen LogP contribution in [0.4, 0.5) is 4.39 Å². The van der Waals surface area contributed by atoms with Crippen LogP contribution in [0.15, 0.2) is 60.9 Å². The van der Waals surface area contributed by atoms with E-state index >= 15 is 0 Å². The lowest BCUT2D eigenvalue weighted by Gasteiger charge is -2.34. The molecule has 1 aliphatic heterocycles. The Kier molecular flexibility index (Phi) is 8.09. The molecule has 5 rings (SSSR count). The summed E-state index contributed by atoms with van der Waals surface area (Å²) in [4.78, 5) is 30.6. The topological polar surface area (TPSA) is 95.4 Å². The number of nitrogens with zero attached hydrogens (tertiary/aromatic N) is 5. The summed E-state index contributed by atoms with van der Waals surface area (Å²) in [6.07, 6.45) is 5.65. The molecule has 0 bridgehead atoms. The first-order valence-electron chi connectivity index (χ1n) is 13.2. The molecule has 2 fully saturated rings. The number of hydrogen-bond donors (Lipinski definition) is 2. The second kappa shape index (κ2) is 11.8. The van der Waals surface area contributed by atoms with E-state index in [2.05, 4.69) is 25.8 Å². The van der Waals surface area contributed by atoms with Crippen molar-refractivity contribution in [3.8, 4) is 5.69 Å². The third kappa shape index (κ3) is 6.43. The Labute approximate surface area is 222 Å². The summed E-state index contributed by atoms with van der Waals surface area (Å²) in [6, 6.07) is 13.5. The largest absolute Gasteiger partial charge is 0.340 e. The van der Waals surface area contributed by atoms with E-state index in [1.54, 1.807) is 41.3 Å². The summed E-state index contributed by atoms with van der Waals surface area (Å²) in [5, 5.41) is 14.3. The molecule has 9 nitrogen and oxygen atoms in total. The van der Waals surface area contributed by atoms with E-state index in [1.807, 2.05) is 24.1 Å². The molecule has 0 spiro atoms. The van der Waals surface area contributed by atoms with Crippen LogP contribution in [0.3, 0.4) is 0 Å². The molecule has 38 heavy (non-hydrogen) atoms. The van der Waals surface area contributed by atoms with Crippen molar-refractivity contribution in [1.29, 1.82) is 0 Å². The molecule has 3 atom stereocenters.